The number of nitrogens with one attached hydrogen (secondary N) is 1. The molecular formula is C29H21ClN2O6S2. The first-order valence-electron chi connectivity index (χ1n) is 11.9. The fourth-order valence-corrected chi connectivity index (χ4v) is 6.10. The summed E-state index contributed by atoms with van der Waals surface area (Å²) in [7, 11) is -4.29. The van der Waals surface area contributed by atoms with E-state index < -0.39 is 21.3 Å². The summed E-state index contributed by atoms with van der Waals surface area (Å²) in [6.07, 6.45) is 1.48. The number of fused-ring (bicyclic) bond motifs is 1. The molecule has 0 radical (unpaired) electrons. The molecule has 1 aliphatic heterocycles. The Morgan fingerprint density at radius 1 is 0.975 bits per heavy atom. The molecule has 1 fully saturated rings. The van der Waals surface area contributed by atoms with Gasteiger partial charge in [-0.1, -0.05) is 60.1 Å². The van der Waals surface area contributed by atoms with Gasteiger partial charge in [0.2, 0.25) is 5.91 Å². The number of hydrogen-bond donors (Lipinski definition) is 1. The molecule has 0 spiro atoms. The Labute approximate surface area is 239 Å². The lowest BCUT2D eigenvalue weighted by molar-refractivity contribution is -0.123. The van der Waals surface area contributed by atoms with Gasteiger partial charge in [0.05, 0.1) is 11.4 Å². The van der Waals surface area contributed by atoms with Gasteiger partial charge in [0.15, 0.2) is 5.75 Å². The molecule has 0 unspecified atom stereocenters. The van der Waals surface area contributed by atoms with Crippen molar-refractivity contribution in [2.24, 2.45) is 0 Å². The number of benzene rings is 4. The lowest BCUT2D eigenvalue weighted by atomic mass is 10.0. The number of hydrogen-bond acceptors (Lipinski definition) is 7. The van der Waals surface area contributed by atoms with Gasteiger partial charge in [-0.15, -0.1) is 0 Å². The van der Waals surface area contributed by atoms with Crippen LogP contribution in [-0.4, -0.2) is 30.4 Å². The minimum atomic E-state index is -4.29. The number of rotatable bonds is 7. The van der Waals surface area contributed by atoms with Gasteiger partial charge < -0.3 is 9.50 Å². The average Bonchev–Trinajstić information content (AvgIpc) is 3.18. The SMILES string of the molecule is CC(=O)Nc1ccc(S(=O)(=O)Oc2ccc3ccccc3c2/C=C2\SC(=O)N(Cc3ccccc3Cl)C2=O)cc1. The van der Waals surface area contributed by atoms with E-state index in [1.165, 1.54) is 43.3 Å². The van der Waals surface area contributed by atoms with Crippen molar-refractivity contribution in [2.75, 3.05) is 5.32 Å². The molecule has 4 aromatic carbocycles. The van der Waals surface area contributed by atoms with Gasteiger partial charge in [-0.25, -0.2) is 0 Å². The molecule has 202 valence electrons. The molecule has 1 aliphatic rings. The Kier molecular flexibility index (Phi) is 7.66. The first kappa shape index (κ1) is 27.4. The van der Waals surface area contributed by atoms with E-state index in [0.717, 1.165) is 22.0 Å². The zero-order chi connectivity index (χ0) is 28.4. The second-order valence-corrected chi connectivity index (χ2v) is 11.7. The van der Waals surface area contributed by atoms with E-state index in [4.69, 9.17) is 15.8 Å². The molecule has 0 bridgehead atoms. The summed E-state index contributed by atoms with van der Waals surface area (Å²) in [4.78, 5) is 38.4. The lowest BCUT2D eigenvalue weighted by Gasteiger charge is -2.14. The third-order valence-electron chi connectivity index (χ3n) is 6.03. The van der Waals surface area contributed by atoms with Crippen LogP contribution in [0.15, 0.2) is 94.7 Å². The molecule has 40 heavy (non-hydrogen) atoms. The predicted octanol–water partition coefficient (Wildman–Crippen LogP) is 6.46. The molecule has 1 heterocycles. The first-order chi connectivity index (χ1) is 19.1. The maximum absolute atomic E-state index is 13.3. The highest BCUT2D eigenvalue weighted by Crippen LogP contribution is 2.38. The summed E-state index contributed by atoms with van der Waals surface area (Å²) >= 11 is 6.99. The minimum Gasteiger partial charge on any atom is -0.378 e. The van der Waals surface area contributed by atoms with E-state index in [1.54, 1.807) is 42.5 Å². The third kappa shape index (κ3) is 5.74. The fourth-order valence-electron chi connectivity index (χ4n) is 4.14. The van der Waals surface area contributed by atoms with E-state index >= 15 is 0 Å². The highest BCUT2D eigenvalue weighted by molar-refractivity contribution is 8.18. The molecule has 1 N–H and O–H groups in total. The molecule has 0 aromatic heterocycles. The Bertz CT molecular complexity index is 1800. The highest BCUT2D eigenvalue weighted by Gasteiger charge is 2.36. The summed E-state index contributed by atoms with van der Waals surface area (Å²) in [5.41, 5.74) is 1.39. The van der Waals surface area contributed by atoms with Crippen LogP contribution in [0.25, 0.3) is 16.8 Å². The number of halogens is 1. The van der Waals surface area contributed by atoms with Crippen LogP contribution in [0.1, 0.15) is 18.1 Å². The second kappa shape index (κ2) is 11.2. The summed E-state index contributed by atoms with van der Waals surface area (Å²) in [6, 6.07) is 22.9. The molecule has 4 aromatic rings. The van der Waals surface area contributed by atoms with Gasteiger partial charge in [-0.3, -0.25) is 19.3 Å². The van der Waals surface area contributed by atoms with Crippen LogP contribution in [0.4, 0.5) is 10.5 Å². The molecule has 5 rings (SSSR count). The number of carbonyl (C=O) groups excluding carboxylic acids is 3. The monoisotopic (exact) mass is 592 g/mol. The van der Waals surface area contributed by atoms with E-state index in [0.29, 0.717) is 27.2 Å². The first-order valence-corrected chi connectivity index (χ1v) is 14.6. The highest BCUT2D eigenvalue weighted by atomic mass is 35.5. The zero-order valence-corrected chi connectivity index (χ0v) is 23.3. The number of anilines is 1. The quantitative estimate of drug-likeness (QED) is 0.194. The van der Waals surface area contributed by atoms with Gasteiger partial charge in [-0.2, -0.15) is 8.42 Å². The predicted molar refractivity (Wildman–Crippen MR) is 155 cm³/mol. The summed E-state index contributed by atoms with van der Waals surface area (Å²) in [6.45, 7) is 1.35. The smallest absolute Gasteiger partial charge is 0.339 e. The van der Waals surface area contributed by atoms with Gasteiger partial charge >= 0.3 is 10.1 Å². The van der Waals surface area contributed by atoms with Gasteiger partial charge in [0.1, 0.15) is 4.90 Å². The van der Waals surface area contributed by atoms with Crippen molar-refractivity contribution in [1.29, 1.82) is 0 Å². The Morgan fingerprint density at radius 3 is 2.40 bits per heavy atom. The van der Waals surface area contributed by atoms with E-state index in [-0.39, 0.29) is 28.0 Å². The number of nitrogens with zero attached hydrogens (tertiary/aromatic N) is 1. The van der Waals surface area contributed by atoms with E-state index in [1.807, 2.05) is 12.1 Å². The largest absolute Gasteiger partial charge is 0.378 e. The van der Waals surface area contributed by atoms with Crippen LogP contribution >= 0.6 is 23.4 Å². The Morgan fingerprint density at radius 2 is 1.68 bits per heavy atom. The van der Waals surface area contributed by atoms with Crippen LogP contribution < -0.4 is 9.50 Å². The fraction of sp³-hybridized carbons (Fsp3) is 0.0690. The molecule has 0 saturated carbocycles. The topological polar surface area (TPSA) is 110 Å². The van der Waals surface area contributed by atoms with Crippen LogP contribution in [-0.2, 0) is 26.3 Å². The molecule has 0 aliphatic carbocycles. The number of carbonyl (C=O) groups is 3. The van der Waals surface area contributed by atoms with Gasteiger partial charge in [0, 0.05) is 23.2 Å². The number of imide groups is 1. The standard InChI is InChI=1S/C29H21ClN2O6S2/c1-18(33)31-21-11-13-22(14-12-21)40(36,37)38-26-15-10-19-6-2-4-8-23(19)24(26)16-27-28(34)32(29(35)39-27)17-20-7-3-5-9-25(20)30/h2-16H,17H2,1H3,(H,31,33)/b27-16-. The zero-order valence-electron chi connectivity index (χ0n) is 21.0. The van der Waals surface area contributed by atoms with E-state index in [9.17, 15) is 22.8 Å². The van der Waals surface area contributed by atoms with Gasteiger partial charge in [0.25, 0.3) is 11.1 Å². The number of amides is 3. The minimum absolute atomic E-state index is 0.00341. The van der Waals surface area contributed by atoms with Crippen LogP contribution in [0.3, 0.4) is 0 Å². The van der Waals surface area contributed by atoms with Crippen molar-refractivity contribution < 1.29 is 27.0 Å². The van der Waals surface area contributed by atoms with Crippen LogP contribution in [0, 0.1) is 0 Å². The molecule has 1 saturated heterocycles. The maximum Gasteiger partial charge on any atom is 0.339 e. The van der Waals surface area contributed by atoms with Crippen molar-refractivity contribution in [1.82, 2.24) is 4.90 Å². The molecular weight excluding hydrogens is 572 g/mol. The molecule has 8 nitrogen and oxygen atoms in total. The third-order valence-corrected chi connectivity index (χ3v) is 8.55. The van der Waals surface area contributed by atoms with Crippen molar-refractivity contribution in [2.45, 2.75) is 18.4 Å². The van der Waals surface area contributed by atoms with Crippen molar-refractivity contribution in [3.63, 3.8) is 0 Å². The maximum atomic E-state index is 13.3. The normalized spacial score (nSPS) is 14.7. The van der Waals surface area contributed by atoms with Gasteiger partial charge in [-0.05, 0) is 70.6 Å². The molecule has 0 atom stereocenters. The summed E-state index contributed by atoms with van der Waals surface area (Å²) in [5.74, 6) is -0.822. The lowest BCUT2D eigenvalue weighted by Crippen LogP contribution is -2.27. The molecule has 3 amide bonds. The number of thioether (sulfide) groups is 1. The van der Waals surface area contributed by atoms with Crippen molar-refractivity contribution >= 4 is 73.1 Å². The summed E-state index contributed by atoms with van der Waals surface area (Å²) < 4.78 is 31.9. The average molecular weight is 593 g/mol. The van der Waals surface area contributed by atoms with Crippen molar-refractivity contribution in [3.8, 4) is 5.75 Å². The Hall–Kier alpha value is -4.12. The van der Waals surface area contributed by atoms with E-state index in [2.05, 4.69) is 5.32 Å². The summed E-state index contributed by atoms with van der Waals surface area (Å²) in [5, 5.41) is 3.96. The Balaban J connectivity index is 1.51. The second-order valence-electron chi connectivity index (χ2n) is 8.80. The van der Waals surface area contributed by atoms with Crippen molar-refractivity contribution in [3.05, 3.63) is 106 Å². The molecule has 11 heteroatoms. The van der Waals surface area contributed by atoms with Crippen LogP contribution in [0.2, 0.25) is 5.02 Å². The van der Waals surface area contributed by atoms with Crippen LogP contribution in [0.5, 0.6) is 5.75 Å².